The molecule has 0 bridgehead atoms. The van der Waals surface area contributed by atoms with Gasteiger partial charge in [-0.3, -0.25) is 10.2 Å². The third-order valence-corrected chi connectivity index (χ3v) is 2.41. The largest absolute Gasteiger partial charge is 0.481 e. The van der Waals surface area contributed by atoms with Gasteiger partial charge in [-0.05, 0) is 31.9 Å². The molecule has 0 spiro atoms. The number of ether oxygens (including phenoxy) is 1. The fourth-order valence-electron chi connectivity index (χ4n) is 1.47. The molecule has 20 heavy (non-hydrogen) atoms. The molecule has 0 radical (unpaired) electrons. The Bertz CT molecular complexity index is 471. The summed E-state index contributed by atoms with van der Waals surface area (Å²) in [6, 6.07) is 9.17. The van der Waals surface area contributed by atoms with Crippen molar-refractivity contribution >= 4 is 23.3 Å². The number of carboxylic acids is 1. The summed E-state index contributed by atoms with van der Waals surface area (Å²) >= 11 is 0. The minimum atomic E-state index is -0.899. The highest BCUT2D eigenvalue weighted by molar-refractivity contribution is 6.36. The highest BCUT2D eigenvalue weighted by Crippen LogP contribution is 2.06. The zero-order valence-electron chi connectivity index (χ0n) is 11.3. The quantitative estimate of drug-likeness (QED) is 0.432. The predicted molar refractivity (Wildman–Crippen MR) is 75.6 cm³/mol. The van der Waals surface area contributed by atoms with E-state index in [0.717, 1.165) is 5.69 Å². The average molecular weight is 278 g/mol. The predicted octanol–water partition coefficient (Wildman–Crippen LogP) is 2.27. The smallest absolute Gasteiger partial charge is 0.354 e. The summed E-state index contributed by atoms with van der Waals surface area (Å²) in [4.78, 5) is 22.2. The molecule has 6 nitrogen and oxygen atoms in total. The van der Waals surface area contributed by atoms with E-state index in [1.165, 1.54) is 0 Å². The Labute approximate surface area is 117 Å². The number of hydrazone groups is 1. The van der Waals surface area contributed by atoms with Gasteiger partial charge in [0.15, 0.2) is 0 Å². The summed E-state index contributed by atoms with van der Waals surface area (Å²) in [5.41, 5.74) is 3.70. The van der Waals surface area contributed by atoms with Crippen molar-refractivity contribution in [3.05, 3.63) is 30.3 Å². The number of benzene rings is 1. The third kappa shape index (κ3) is 5.99. The van der Waals surface area contributed by atoms with Crippen LogP contribution in [0.4, 0.5) is 5.69 Å². The van der Waals surface area contributed by atoms with E-state index in [-0.39, 0.29) is 25.2 Å². The van der Waals surface area contributed by atoms with Gasteiger partial charge in [0.1, 0.15) is 5.71 Å². The number of anilines is 1. The van der Waals surface area contributed by atoms with Crippen LogP contribution in [0.25, 0.3) is 0 Å². The van der Waals surface area contributed by atoms with E-state index in [9.17, 15) is 9.59 Å². The number of hydrogen-bond donors (Lipinski definition) is 2. The molecule has 0 aromatic heterocycles. The van der Waals surface area contributed by atoms with E-state index in [2.05, 4.69) is 10.5 Å². The van der Waals surface area contributed by atoms with Gasteiger partial charge in [-0.1, -0.05) is 18.2 Å². The summed E-state index contributed by atoms with van der Waals surface area (Å²) < 4.78 is 4.89. The number of nitrogens with zero attached hydrogens (tertiary/aromatic N) is 1. The Morgan fingerprint density at radius 1 is 1.25 bits per heavy atom. The summed E-state index contributed by atoms with van der Waals surface area (Å²) in [6.07, 6.45) is 0.582. The first-order chi connectivity index (χ1) is 9.63. The fourth-order valence-corrected chi connectivity index (χ4v) is 1.47. The minimum absolute atomic E-state index is 0.0102. The van der Waals surface area contributed by atoms with E-state index in [1.807, 2.05) is 30.3 Å². The van der Waals surface area contributed by atoms with Crippen LogP contribution in [0.1, 0.15) is 26.2 Å². The lowest BCUT2D eigenvalue weighted by atomic mass is 10.1. The van der Waals surface area contributed by atoms with E-state index in [4.69, 9.17) is 9.84 Å². The molecule has 1 rings (SSSR count). The molecule has 0 unspecified atom stereocenters. The lowest BCUT2D eigenvalue weighted by molar-refractivity contribution is -0.137. The molecule has 0 aliphatic rings. The molecule has 0 heterocycles. The SMILES string of the molecule is CCOC(=O)C(CCCC(=O)O)=NNc1ccccc1. The van der Waals surface area contributed by atoms with Gasteiger partial charge in [0.05, 0.1) is 12.3 Å². The molecule has 0 amide bonds. The van der Waals surface area contributed by atoms with Crippen LogP contribution in [-0.2, 0) is 14.3 Å². The number of rotatable bonds is 8. The van der Waals surface area contributed by atoms with Crippen molar-refractivity contribution in [1.82, 2.24) is 0 Å². The zero-order chi connectivity index (χ0) is 14.8. The summed E-state index contributed by atoms with van der Waals surface area (Å²) in [5.74, 6) is -1.43. The number of aliphatic carboxylic acids is 1. The topological polar surface area (TPSA) is 88.0 Å². The van der Waals surface area contributed by atoms with Gasteiger partial charge in [0, 0.05) is 6.42 Å². The van der Waals surface area contributed by atoms with Gasteiger partial charge < -0.3 is 9.84 Å². The number of carboxylic acid groups (broad SMARTS) is 1. The monoisotopic (exact) mass is 278 g/mol. The highest BCUT2D eigenvalue weighted by atomic mass is 16.5. The maximum Gasteiger partial charge on any atom is 0.354 e. The van der Waals surface area contributed by atoms with Crippen molar-refractivity contribution < 1.29 is 19.4 Å². The lowest BCUT2D eigenvalue weighted by Gasteiger charge is -2.06. The van der Waals surface area contributed by atoms with E-state index in [0.29, 0.717) is 6.42 Å². The normalized spacial score (nSPS) is 10.9. The first kappa shape index (κ1) is 15.7. The molecule has 0 atom stereocenters. The molecule has 6 heteroatoms. The summed E-state index contributed by atoms with van der Waals surface area (Å²) in [5, 5.41) is 12.6. The van der Waals surface area contributed by atoms with Crippen LogP contribution in [0.2, 0.25) is 0 Å². The first-order valence-corrected chi connectivity index (χ1v) is 6.40. The first-order valence-electron chi connectivity index (χ1n) is 6.40. The Kier molecular flexibility index (Phi) is 6.81. The van der Waals surface area contributed by atoms with Crippen LogP contribution >= 0.6 is 0 Å². The molecule has 108 valence electrons. The van der Waals surface area contributed by atoms with Crippen LogP contribution < -0.4 is 5.43 Å². The second-order valence-electron chi connectivity index (χ2n) is 4.00. The maximum atomic E-state index is 11.7. The molecule has 2 N–H and O–H groups in total. The maximum absolute atomic E-state index is 11.7. The second kappa shape index (κ2) is 8.68. The zero-order valence-corrected chi connectivity index (χ0v) is 11.3. The van der Waals surface area contributed by atoms with Crippen molar-refractivity contribution in [2.75, 3.05) is 12.0 Å². The lowest BCUT2D eigenvalue weighted by Crippen LogP contribution is -2.19. The van der Waals surface area contributed by atoms with Crippen molar-refractivity contribution in [2.45, 2.75) is 26.2 Å². The van der Waals surface area contributed by atoms with Crippen LogP contribution in [0.3, 0.4) is 0 Å². The minimum Gasteiger partial charge on any atom is -0.481 e. The number of nitrogens with one attached hydrogen (secondary N) is 1. The molecule has 0 saturated heterocycles. The van der Waals surface area contributed by atoms with Crippen molar-refractivity contribution in [1.29, 1.82) is 0 Å². The van der Waals surface area contributed by atoms with Crippen LogP contribution in [0.15, 0.2) is 35.4 Å². The van der Waals surface area contributed by atoms with Gasteiger partial charge in [0.2, 0.25) is 0 Å². The molecule has 1 aromatic carbocycles. The third-order valence-electron chi connectivity index (χ3n) is 2.41. The second-order valence-corrected chi connectivity index (χ2v) is 4.00. The Morgan fingerprint density at radius 3 is 2.55 bits per heavy atom. The molecular formula is C14H18N2O4. The standard InChI is InChI=1S/C14H18N2O4/c1-2-20-14(19)12(9-6-10-13(17)18)16-15-11-7-4-3-5-8-11/h3-5,7-8,15H,2,6,9-10H2,1H3,(H,17,18). The fraction of sp³-hybridized carbons (Fsp3) is 0.357. The summed E-state index contributed by atoms with van der Waals surface area (Å²) in [7, 11) is 0. The van der Waals surface area contributed by atoms with Crippen molar-refractivity contribution in [3.8, 4) is 0 Å². The molecule has 0 saturated carbocycles. The molecule has 1 aromatic rings. The Hall–Kier alpha value is -2.37. The van der Waals surface area contributed by atoms with Crippen molar-refractivity contribution in [2.24, 2.45) is 5.10 Å². The molecule has 0 aliphatic heterocycles. The van der Waals surface area contributed by atoms with Gasteiger partial charge in [-0.15, -0.1) is 0 Å². The Morgan fingerprint density at radius 2 is 1.95 bits per heavy atom. The highest BCUT2D eigenvalue weighted by Gasteiger charge is 2.13. The number of carbonyl (C=O) groups is 2. The number of carbonyl (C=O) groups excluding carboxylic acids is 1. The number of para-hydroxylation sites is 1. The van der Waals surface area contributed by atoms with E-state index < -0.39 is 11.9 Å². The van der Waals surface area contributed by atoms with Crippen molar-refractivity contribution in [3.63, 3.8) is 0 Å². The molecule has 0 aliphatic carbocycles. The van der Waals surface area contributed by atoms with Gasteiger partial charge >= 0.3 is 11.9 Å². The number of hydrogen-bond acceptors (Lipinski definition) is 5. The van der Waals surface area contributed by atoms with Crippen LogP contribution in [-0.4, -0.2) is 29.4 Å². The Balaban J connectivity index is 2.65. The van der Waals surface area contributed by atoms with Gasteiger partial charge in [0.25, 0.3) is 0 Å². The van der Waals surface area contributed by atoms with Crippen LogP contribution in [0.5, 0.6) is 0 Å². The number of esters is 1. The molecule has 0 fully saturated rings. The van der Waals surface area contributed by atoms with Gasteiger partial charge in [-0.25, -0.2) is 4.79 Å². The van der Waals surface area contributed by atoms with E-state index in [1.54, 1.807) is 6.92 Å². The van der Waals surface area contributed by atoms with Gasteiger partial charge in [-0.2, -0.15) is 5.10 Å². The van der Waals surface area contributed by atoms with Crippen LogP contribution in [0, 0.1) is 0 Å². The summed E-state index contributed by atoms with van der Waals surface area (Å²) in [6.45, 7) is 1.96. The van der Waals surface area contributed by atoms with E-state index >= 15 is 0 Å². The molecular weight excluding hydrogens is 260 g/mol. The average Bonchev–Trinajstić information content (AvgIpc) is 2.43.